The van der Waals surface area contributed by atoms with Gasteiger partial charge in [-0.2, -0.15) is 0 Å². The fraction of sp³-hybridized carbons (Fsp3) is 0.476. The zero-order chi connectivity index (χ0) is 21.6. The molecule has 8 heteroatoms. The number of carbonyl (C=O) groups excluding carboxylic acids is 1. The standard InChI is InChI=1S/C21H31N5O3/c1-4-5-11-26-18(22)17(20(28)24-21(26)29)25(12-10-14(2)3)13-15-6-8-16(9-7-15)19(23)27/h6-9,14H,4-5,10-13,22H2,1-3H3,(H2,23,27)(H,24,28,29). The number of nitrogen functional groups attached to an aromatic ring is 1. The summed E-state index contributed by atoms with van der Waals surface area (Å²) >= 11 is 0. The maximum Gasteiger partial charge on any atom is 0.330 e. The van der Waals surface area contributed by atoms with Crippen molar-refractivity contribution in [2.75, 3.05) is 17.2 Å². The number of primary amides is 1. The summed E-state index contributed by atoms with van der Waals surface area (Å²) in [6.07, 6.45) is 2.55. The molecule has 2 rings (SSSR count). The highest BCUT2D eigenvalue weighted by molar-refractivity contribution is 5.92. The van der Waals surface area contributed by atoms with Crippen LogP contribution < -0.4 is 27.6 Å². The molecule has 1 aromatic carbocycles. The fourth-order valence-corrected chi connectivity index (χ4v) is 3.10. The quantitative estimate of drug-likeness (QED) is 0.561. The topological polar surface area (TPSA) is 127 Å². The van der Waals surface area contributed by atoms with Crippen LogP contribution in [0, 0.1) is 5.92 Å². The Bertz CT molecular complexity index is 944. The summed E-state index contributed by atoms with van der Waals surface area (Å²) in [5, 5.41) is 0. The van der Waals surface area contributed by atoms with E-state index >= 15 is 0 Å². The van der Waals surface area contributed by atoms with E-state index in [0.717, 1.165) is 24.8 Å². The Hall–Kier alpha value is -3.03. The molecule has 1 aromatic heterocycles. The number of unbranched alkanes of at least 4 members (excludes halogenated alkanes) is 1. The highest BCUT2D eigenvalue weighted by Crippen LogP contribution is 2.21. The number of hydrogen-bond donors (Lipinski definition) is 3. The molecule has 8 nitrogen and oxygen atoms in total. The highest BCUT2D eigenvalue weighted by atomic mass is 16.2. The lowest BCUT2D eigenvalue weighted by Crippen LogP contribution is -2.39. The summed E-state index contributed by atoms with van der Waals surface area (Å²) in [5.74, 6) is 0.127. The molecule has 0 atom stereocenters. The van der Waals surface area contributed by atoms with Gasteiger partial charge in [0.2, 0.25) is 5.91 Å². The number of aromatic amines is 1. The smallest absolute Gasteiger partial charge is 0.330 e. The monoisotopic (exact) mass is 401 g/mol. The number of aromatic nitrogens is 2. The SMILES string of the molecule is CCCCn1c(N)c(N(CCC(C)C)Cc2ccc(C(N)=O)cc2)c(=O)[nH]c1=O. The van der Waals surface area contributed by atoms with Crippen molar-refractivity contribution < 1.29 is 4.79 Å². The van der Waals surface area contributed by atoms with Crippen LogP contribution >= 0.6 is 0 Å². The maximum atomic E-state index is 12.7. The van der Waals surface area contributed by atoms with Gasteiger partial charge in [-0.25, -0.2) is 4.79 Å². The summed E-state index contributed by atoms with van der Waals surface area (Å²) in [6, 6.07) is 6.93. The minimum atomic E-state index is -0.489. The molecule has 158 valence electrons. The van der Waals surface area contributed by atoms with Gasteiger partial charge >= 0.3 is 5.69 Å². The van der Waals surface area contributed by atoms with Gasteiger partial charge in [0.25, 0.3) is 5.56 Å². The van der Waals surface area contributed by atoms with Gasteiger partial charge in [-0.1, -0.05) is 39.3 Å². The molecule has 0 aliphatic carbocycles. The van der Waals surface area contributed by atoms with Crippen molar-refractivity contribution >= 4 is 17.4 Å². The van der Waals surface area contributed by atoms with Crippen molar-refractivity contribution in [2.24, 2.45) is 11.7 Å². The number of amides is 1. The molecule has 0 spiro atoms. The van der Waals surface area contributed by atoms with Gasteiger partial charge in [-0.05, 0) is 36.5 Å². The number of nitrogens with one attached hydrogen (secondary N) is 1. The largest absolute Gasteiger partial charge is 0.383 e. The molecule has 0 bridgehead atoms. The average Bonchev–Trinajstić information content (AvgIpc) is 2.65. The van der Waals surface area contributed by atoms with Gasteiger partial charge in [0.15, 0.2) is 0 Å². The number of nitrogens with two attached hydrogens (primary N) is 2. The third-order valence-electron chi connectivity index (χ3n) is 4.85. The lowest BCUT2D eigenvalue weighted by Gasteiger charge is -2.27. The second-order valence-corrected chi connectivity index (χ2v) is 7.66. The van der Waals surface area contributed by atoms with E-state index in [4.69, 9.17) is 11.5 Å². The van der Waals surface area contributed by atoms with Crippen LogP contribution in [0.1, 0.15) is 56.0 Å². The van der Waals surface area contributed by atoms with Crippen LogP contribution in [-0.4, -0.2) is 22.0 Å². The van der Waals surface area contributed by atoms with E-state index in [1.54, 1.807) is 24.3 Å². The van der Waals surface area contributed by atoms with E-state index < -0.39 is 17.2 Å². The summed E-state index contributed by atoms with van der Waals surface area (Å²) < 4.78 is 1.43. The van der Waals surface area contributed by atoms with E-state index in [1.807, 2.05) is 11.8 Å². The molecule has 0 unspecified atom stereocenters. The number of hydrogen-bond acceptors (Lipinski definition) is 5. The summed E-state index contributed by atoms with van der Waals surface area (Å²) in [4.78, 5) is 40.5. The van der Waals surface area contributed by atoms with Gasteiger partial charge in [0.05, 0.1) is 0 Å². The zero-order valence-electron chi connectivity index (χ0n) is 17.4. The Morgan fingerprint density at radius 3 is 2.41 bits per heavy atom. The predicted octanol–water partition coefficient (Wildman–Crippen LogP) is 2.07. The molecule has 2 aromatic rings. The lowest BCUT2D eigenvalue weighted by molar-refractivity contribution is 0.100. The first-order chi connectivity index (χ1) is 13.7. The van der Waals surface area contributed by atoms with Crippen molar-refractivity contribution in [1.29, 1.82) is 0 Å². The number of H-pyrrole nitrogens is 1. The summed E-state index contributed by atoms with van der Waals surface area (Å²) in [5.41, 5.74) is 12.3. The summed E-state index contributed by atoms with van der Waals surface area (Å²) in [7, 11) is 0. The Kier molecular flexibility index (Phi) is 7.64. The number of anilines is 2. The Labute approximate surface area is 170 Å². The van der Waals surface area contributed by atoms with Crippen LogP contribution in [-0.2, 0) is 13.1 Å². The first-order valence-corrected chi connectivity index (χ1v) is 10.0. The second kappa shape index (κ2) is 9.95. The van der Waals surface area contributed by atoms with E-state index in [0.29, 0.717) is 36.8 Å². The molecule has 0 fully saturated rings. The Morgan fingerprint density at radius 2 is 1.86 bits per heavy atom. The number of benzene rings is 1. The zero-order valence-corrected chi connectivity index (χ0v) is 17.4. The van der Waals surface area contributed by atoms with Gasteiger partial charge in [0.1, 0.15) is 11.5 Å². The average molecular weight is 402 g/mol. The van der Waals surface area contributed by atoms with Crippen molar-refractivity contribution in [3.05, 3.63) is 56.2 Å². The molecule has 1 heterocycles. The number of carbonyl (C=O) groups is 1. The molecule has 0 aliphatic rings. The first-order valence-electron chi connectivity index (χ1n) is 10.0. The van der Waals surface area contributed by atoms with E-state index in [2.05, 4.69) is 18.8 Å². The van der Waals surface area contributed by atoms with Crippen LogP contribution in [0.15, 0.2) is 33.9 Å². The van der Waals surface area contributed by atoms with Crippen LogP contribution in [0.2, 0.25) is 0 Å². The Morgan fingerprint density at radius 1 is 1.21 bits per heavy atom. The van der Waals surface area contributed by atoms with E-state index in [-0.39, 0.29) is 5.82 Å². The molecule has 0 aliphatic heterocycles. The van der Waals surface area contributed by atoms with Crippen LogP contribution in [0.5, 0.6) is 0 Å². The predicted molar refractivity (Wildman–Crippen MR) is 116 cm³/mol. The molecular formula is C21H31N5O3. The minimum absolute atomic E-state index is 0.185. The first kappa shape index (κ1) is 22.3. The van der Waals surface area contributed by atoms with E-state index in [9.17, 15) is 14.4 Å². The fourth-order valence-electron chi connectivity index (χ4n) is 3.10. The molecule has 0 saturated heterocycles. The highest BCUT2D eigenvalue weighted by Gasteiger charge is 2.19. The molecule has 0 radical (unpaired) electrons. The normalized spacial score (nSPS) is 11.0. The second-order valence-electron chi connectivity index (χ2n) is 7.66. The van der Waals surface area contributed by atoms with Crippen molar-refractivity contribution in [1.82, 2.24) is 9.55 Å². The molecular weight excluding hydrogens is 370 g/mol. The molecule has 0 saturated carbocycles. The van der Waals surface area contributed by atoms with E-state index in [1.165, 1.54) is 4.57 Å². The number of nitrogens with zero attached hydrogens (tertiary/aromatic N) is 2. The van der Waals surface area contributed by atoms with Gasteiger partial charge in [0, 0.05) is 25.2 Å². The van der Waals surface area contributed by atoms with Gasteiger partial charge < -0.3 is 16.4 Å². The third kappa shape index (κ3) is 5.73. The summed E-state index contributed by atoms with van der Waals surface area (Å²) in [6.45, 7) is 7.72. The van der Waals surface area contributed by atoms with Crippen LogP contribution in [0.3, 0.4) is 0 Å². The molecule has 29 heavy (non-hydrogen) atoms. The molecule has 5 N–H and O–H groups in total. The van der Waals surface area contributed by atoms with Crippen molar-refractivity contribution in [3.63, 3.8) is 0 Å². The number of rotatable bonds is 10. The van der Waals surface area contributed by atoms with Crippen molar-refractivity contribution in [3.8, 4) is 0 Å². The van der Waals surface area contributed by atoms with Crippen molar-refractivity contribution in [2.45, 2.75) is 53.1 Å². The van der Waals surface area contributed by atoms with Gasteiger partial charge in [-0.15, -0.1) is 0 Å². The molecule has 1 amide bonds. The Balaban J connectivity index is 2.44. The lowest BCUT2D eigenvalue weighted by atomic mass is 10.1. The third-order valence-corrected chi connectivity index (χ3v) is 4.85. The van der Waals surface area contributed by atoms with Gasteiger partial charge in [-0.3, -0.25) is 19.1 Å². The minimum Gasteiger partial charge on any atom is -0.383 e. The van der Waals surface area contributed by atoms with Crippen LogP contribution in [0.25, 0.3) is 0 Å². The van der Waals surface area contributed by atoms with Crippen LogP contribution in [0.4, 0.5) is 11.5 Å². The maximum absolute atomic E-state index is 12.7.